The van der Waals surface area contributed by atoms with E-state index in [9.17, 15) is 9.59 Å². The highest BCUT2D eigenvalue weighted by atomic mass is 16.5. The molecule has 23 heavy (non-hydrogen) atoms. The van der Waals surface area contributed by atoms with E-state index in [-0.39, 0.29) is 17.7 Å². The molecule has 0 saturated heterocycles. The average molecular weight is 317 g/mol. The number of rotatable bonds is 5. The van der Waals surface area contributed by atoms with Gasteiger partial charge in [0.2, 0.25) is 0 Å². The van der Waals surface area contributed by atoms with Crippen LogP contribution in [0.1, 0.15) is 57.3 Å². The normalized spacial score (nSPS) is 25.5. The van der Waals surface area contributed by atoms with Gasteiger partial charge in [0.25, 0.3) is 5.91 Å². The minimum absolute atomic E-state index is 0.0164. The zero-order chi connectivity index (χ0) is 17.0. The SMILES string of the molecule is CC(=O)c1ccc(O[C@H](C)C(=O)N[C@H]2CCC[C@@H](C)[C@H]2C)cc1. The Morgan fingerprint density at radius 3 is 2.43 bits per heavy atom. The number of carbonyl (C=O) groups is 2. The van der Waals surface area contributed by atoms with Crippen molar-refractivity contribution in [2.45, 2.75) is 59.1 Å². The minimum Gasteiger partial charge on any atom is -0.481 e. The van der Waals surface area contributed by atoms with Gasteiger partial charge in [0.05, 0.1) is 0 Å². The third-order valence-corrected chi connectivity index (χ3v) is 4.98. The van der Waals surface area contributed by atoms with Crippen LogP contribution in [0.15, 0.2) is 24.3 Å². The Kier molecular flexibility index (Phi) is 5.80. The number of ether oxygens (including phenoxy) is 1. The van der Waals surface area contributed by atoms with Crippen molar-refractivity contribution >= 4 is 11.7 Å². The van der Waals surface area contributed by atoms with Crippen molar-refractivity contribution in [3.63, 3.8) is 0 Å². The van der Waals surface area contributed by atoms with Crippen molar-refractivity contribution in [1.82, 2.24) is 5.32 Å². The number of amides is 1. The third kappa shape index (κ3) is 4.57. The van der Waals surface area contributed by atoms with E-state index in [2.05, 4.69) is 19.2 Å². The third-order valence-electron chi connectivity index (χ3n) is 4.98. The van der Waals surface area contributed by atoms with E-state index in [4.69, 9.17) is 4.74 Å². The van der Waals surface area contributed by atoms with E-state index in [0.717, 1.165) is 12.8 Å². The van der Waals surface area contributed by atoms with E-state index in [0.29, 0.717) is 23.1 Å². The second-order valence-corrected chi connectivity index (χ2v) is 6.72. The predicted octanol–water partition coefficient (Wildman–Crippen LogP) is 3.60. The van der Waals surface area contributed by atoms with Gasteiger partial charge in [0.15, 0.2) is 11.9 Å². The van der Waals surface area contributed by atoms with Crippen molar-refractivity contribution in [3.8, 4) is 5.75 Å². The topological polar surface area (TPSA) is 55.4 Å². The fourth-order valence-corrected chi connectivity index (χ4v) is 3.11. The molecule has 1 aliphatic carbocycles. The minimum atomic E-state index is -0.553. The summed E-state index contributed by atoms with van der Waals surface area (Å²) in [5.74, 6) is 1.68. The Morgan fingerprint density at radius 1 is 1.17 bits per heavy atom. The fraction of sp³-hybridized carbons (Fsp3) is 0.579. The number of Topliss-reactive ketones (excluding diaryl/α,β-unsaturated/α-hetero) is 1. The van der Waals surface area contributed by atoms with Gasteiger partial charge in [-0.05, 0) is 56.4 Å². The van der Waals surface area contributed by atoms with E-state index in [1.807, 2.05) is 0 Å². The summed E-state index contributed by atoms with van der Waals surface area (Å²) < 4.78 is 5.69. The van der Waals surface area contributed by atoms with Crippen LogP contribution in [0.5, 0.6) is 5.75 Å². The molecule has 126 valence electrons. The number of benzene rings is 1. The maximum Gasteiger partial charge on any atom is 0.261 e. The standard InChI is InChI=1S/C19H27NO3/c1-12-6-5-7-18(13(12)2)20-19(22)15(4)23-17-10-8-16(9-11-17)14(3)21/h8-13,15,18H,5-7H2,1-4H3,(H,20,22)/t12-,13-,15-,18+/m1/s1. The molecule has 4 nitrogen and oxygen atoms in total. The lowest BCUT2D eigenvalue weighted by molar-refractivity contribution is -0.128. The summed E-state index contributed by atoms with van der Waals surface area (Å²) in [6, 6.07) is 7.12. The molecule has 2 rings (SSSR count). The average Bonchev–Trinajstić information content (AvgIpc) is 2.52. The largest absolute Gasteiger partial charge is 0.481 e. The summed E-state index contributed by atoms with van der Waals surface area (Å²) >= 11 is 0. The van der Waals surface area contributed by atoms with Gasteiger partial charge in [-0.25, -0.2) is 0 Å². The van der Waals surface area contributed by atoms with Gasteiger partial charge in [0.1, 0.15) is 5.75 Å². The van der Waals surface area contributed by atoms with Crippen LogP contribution in [0, 0.1) is 11.8 Å². The molecule has 4 heteroatoms. The zero-order valence-electron chi connectivity index (χ0n) is 14.5. The lowest BCUT2D eigenvalue weighted by Gasteiger charge is -2.35. The molecule has 1 fully saturated rings. The summed E-state index contributed by atoms with van der Waals surface area (Å²) in [4.78, 5) is 23.6. The molecule has 1 aromatic rings. The van der Waals surface area contributed by atoms with Crippen molar-refractivity contribution in [2.24, 2.45) is 11.8 Å². The van der Waals surface area contributed by atoms with Gasteiger partial charge in [0, 0.05) is 11.6 Å². The molecule has 0 spiro atoms. The van der Waals surface area contributed by atoms with Gasteiger partial charge in [-0.3, -0.25) is 9.59 Å². The van der Waals surface area contributed by atoms with Crippen LogP contribution in [-0.4, -0.2) is 23.8 Å². The molecule has 4 atom stereocenters. The van der Waals surface area contributed by atoms with Crippen LogP contribution in [0.4, 0.5) is 0 Å². The van der Waals surface area contributed by atoms with Crippen LogP contribution < -0.4 is 10.1 Å². The molecule has 0 aliphatic heterocycles. The van der Waals surface area contributed by atoms with E-state index < -0.39 is 6.10 Å². The monoisotopic (exact) mass is 317 g/mol. The number of hydrogen-bond acceptors (Lipinski definition) is 3. The maximum atomic E-state index is 12.4. The fourth-order valence-electron chi connectivity index (χ4n) is 3.11. The molecule has 0 radical (unpaired) electrons. The van der Waals surface area contributed by atoms with Gasteiger partial charge in [-0.1, -0.05) is 26.7 Å². The Hall–Kier alpha value is -1.84. The highest BCUT2D eigenvalue weighted by Crippen LogP contribution is 2.29. The van der Waals surface area contributed by atoms with Gasteiger partial charge in [-0.15, -0.1) is 0 Å². The van der Waals surface area contributed by atoms with Crippen molar-refractivity contribution in [1.29, 1.82) is 0 Å². The molecular formula is C19H27NO3. The Morgan fingerprint density at radius 2 is 1.83 bits per heavy atom. The first kappa shape index (κ1) is 17.5. The molecule has 1 N–H and O–H groups in total. The van der Waals surface area contributed by atoms with Crippen LogP contribution in [0.25, 0.3) is 0 Å². The second-order valence-electron chi connectivity index (χ2n) is 6.72. The summed E-state index contributed by atoms with van der Waals surface area (Å²) in [6.07, 6.45) is 2.89. The number of nitrogens with one attached hydrogen (secondary N) is 1. The first-order valence-electron chi connectivity index (χ1n) is 8.46. The highest BCUT2D eigenvalue weighted by Gasteiger charge is 2.29. The van der Waals surface area contributed by atoms with Crippen LogP contribution in [-0.2, 0) is 4.79 Å². The lowest BCUT2D eigenvalue weighted by atomic mass is 9.78. The number of ketones is 1. The van der Waals surface area contributed by atoms with E-state index >= 15 is 0 Å². The Balaban J connectivity index is 1.90. The highest BCUT2D eigenvalue weighted by molar-refractivity contribution is 5.94. The first-order valence-corrected chi connectivity index (χ1v) is 8.46. The van der Waals surface area contributed by atoms with Gasteiger partial charge < -0.3 is 10.1 Å². The molecule has 1 amide bonds. The van der Waals surface area contributed by atoms with Crippen molar-refractivity contribution in [3.05, 3.63) is 29.8 Å². The molecular weight excluding hydrogens is 290 g/mol. The van der Waals surface area contributed by atoms with Crippen LogP contribution in [0.3, 0.4) is 0 Å². The molecule has 0 unspecified atom stereocenters. The maximum absolute atomic E-state index is 12.4. The Labute approximate surface area is 138 Å². The molecule has 1 aliphatic rings. The first-order chi connectivity index (χ1) is 10.9. The van der Waals surface area contributed by atoms with Crippen LogP contribution in [0.2, 0.25) is 0 Å². The van der Waals surface area contributed by atoms with Crippen molar-refractivity contribution < 1.29 is 14.3 Å². The van der Waals surface area contributed by atoms with Crippen molar-refractivity contribution in [2.75, 3.05) is 0 Å². The summed E-state index contributed by atoms with van der Waals surface area (Å²) in [6.45, 7) is 7.74. The number of hydrogen-bond donors (Lipinski definition) is 1. The van der Waals surface area contributed by atoms with Gasteiger partial charge in [-0.2, -0.15) is 0 Å². The van der Waals surface area contributed by atoms with Crippen LogP contribution >= 0.6 is 0 Å². The van der Waals surface area contributed by atoms with E-state index in [1.165, 1.54) is 13.3 Å². The second kappa shape index (κ2) is 7.62. The lowest BCUT2D eigenvalue weighted by Crippen LogP contribution is -2.48. The smallest absolute Gasteiger partial charge is 0.261 e. The summed E-state index contributed by atoms with van der Waals surface area (Å²) in [7, 11) is 0. The quantitative estimate of drug-likeness (QED) is 0.844. The molecule has 1 aromatic carbocycles. The molecule has 0 heterocycles. The summed E-state index contributed by atoms with van der Waals surface area (Å²) in [5, 5.41) is 3.13. The summed E-state index contributed by atoms with van der Waals surface area (Å²) in [5.41, 5.74) is 0.638. The Bertz CT molecular complexity index is 552. The van der Waals surface area contributed by atoms with Gasteiger partial charge >= 0.3 is 0 Å². The molecule has 0 aromatic heterocycles. The number of carbonyl (C=O) groups excluding carboxylic acids is 2. The zero-order valence-corrected chi connectivity index (χ0v) is 14.5. The van der Waals surface area contributed by atoms with E-state index in [1.54, 1.807) is 31.2 Å². The molecule has 1 saturated carbocycles. The predicted molar refractivity (Wildman–Crippen MR) is 90.6 cm³/mol. The molecule has 0 bridgehead atoms.